The molecular weight excluding hydrogens is 467 g/mol. The normalized spacial score (nSPS) is 23.9. The summed E-state index contributed by atoms with van der Waals surface area (Å²) in [4.78, 5) is 42.5. The predicted molar refractivity (Wildman–Crippen MR) is 118 cm³/mol. The quantitative estimate of drug-likeness (QED) is 0.465. The minimum atomic E-state index is -0.758. The summed E-state index contributed by atoms with van der Waals surface area (Å²) >= 11 is 2.18. The number of imide groups is 1. The van der Waals surface area contributed by atoms with Crippen LogP contribution in [-0.4, -0.2) is 34.2 Å². The lowest BCUT2D eigenvalue weighted by Gasteiger charge is -2.39. The van der Waals surface area contributed by atoms with Crippen LogP contribution >= 0.6 is 22.6 Å². The van der Waals surface area contributed by atoms with Crippen molar-refractivity contribution in [2.75, 3.05) is 4.90 Å². The van der Waals surface area contributed by atoms with Crippen LogP contribution in [0.2, 0.25) is 0 Å². The Balaban J connectivity index is 1.94. The molecule has 1 atom stereocenters. The fourth-order valence-electron chi connectivity index (χ4n) is 4.58. The van der Waals surface area contributed by atoms with E-state index in [4.69, 9.17) is 0 Å². The maximum Gasteiger partial charge on any atom is 0.257 e. The summed E-state index contributed by atoms with van der Waals surface area (Å²) in [5.74, 6) is -0.758. The summed E-state index contributed by atoms with van der Waals surface area (Å²) in [6, 6.07) is 6.52. The zero-order valence-electron chi connectivity index (χ0n) is 17.7. The van der Waals surface area contributed by atoms with Gasteiger partial charge >= 0.3 is 0 Å². The molecule has 3 amide bonds. The summed E-state index contributed by atoms with van der Waals surface area (Å²) in [5.41, 5.74) is -0.259. The van der Waals surface area contributed by atoms with Crippen molar-refractivity contribution in [3.63, 3.8) is 0 Å². The molecular formula is C22H29IN2O3. The van der Waals surface area contributed by atoms with Crippen molar-refractivity contribution in [1.82, 2.24) is 4.90 Å². The van der Waals surface area contributed by atoms with Gasteiger partial charge in [0.25, 0.3) is 5.91 Å². The van der Waals surface area contributed by atoms with E-state index in [1.165, 1.54) is 4.90 Å². The van der Waals surface area contributed by atoms with Gasteiger partial charge in [-0.05, 0) is 78.5 Å². The van der Waals surface area contributed by atoms with Crippen LogP contribution in [0.15, 0.2) is 24.3 Å². The maximum absolute atomic E-state index is 13.6. The summed E-state index contributed by atoms with van der Waals surface area (Å²) < 4.78 is 1.03. The van der Waals surface area contributed by atoms with Crippen molar-refractivity contribution < 1.29 is 14.4 Å². The average molecular weight is 496 g/mol. The number of nitrogens with zero attached hydrogens (tertiary/aromatic N) is 2. The Labute approximate surface area is 181 Å². The lowest BCUT2D eigenvalue weighted by atomic mass is 9.98. The van der Waals surface area contributed by atoms with Crippen LogP contribution in [0, 0.1) is 20.3 Å². The van der Waals surface area contributed by atoms with Gasteiger partial charge in [-0.25, -0.2) is 4.90 Å². The highest BCUT2D eigenvalue weighted by Crippen LogP contribution is 2.69. The molecule has 1 aromatic rings. The molecule has 3 rings (SSSR count). The van der Waals surface area contributed by atoms with E-state index < -0.39 is 11.6 Å². The van der Waals surface area contributed by atoms with Gasteiger partial charge in [0, 0.05) is 15.0 Å². The first-order valence-corrected chi connectivity index (χ1v) is 10.7. The summed E-state index contributed by atoms with van der Waals surface area (Å²) in [7, 11) is 0. The molecule has 1 heterocycles. The molecule has 6 heteroatoms. The molecule has 0 aromatic heterocycles. The van der Waals surface area contributed by atoms with Crippen LogP contribution in [0.5, 0.6) is 0 Å². The topological polar surface area (TPSA) is 57.7 Å². The average Bonchev–Trinajstić information content (AvgIpc) is 2.78. The summed E-state index contributed by atoms with van der Waals surface area (Å²) in [6.07, 6.45) is 0.0292. The fourth-order valence-corrected chi connectivity index (χ4v) is 4.94. The van der Waals surface area contributed by atoms with Gasteiger partial charge in [-0.2, -0.15) is 0 Å². The summed E-state index contributed by atoms with van der Waals surface area (Å²) in [6.45, 7) is 14.2. The van der Waals surface area contributed by atoms with Gasteiger partial charge in [-0.3, -0.25) is 14.4 Å². The molecule has 1 unspecified atom stereocenters. The first-order chi connectivity index (χ1) is 12.7. The van der Waals surface area contributed by atoms with Crippen LogP contribution in [0.25, 0.3) is 0 Å². The van der Waals surface area contributed by atoms with Gasteiger partial charge in [0.15, 0.2) is 0 Å². The molecule has 0 N–H and O–H groups in total. The molecule has 5 nitrogen and oxygen atoms in total. The van der Waals surface area contributed by atoms with Crippen molar-refractivity contribution in [3.8, 4) is 0 Å². The molecule has 1 saturated heterocycles. The number of carbonyl (C=O) groups excluding carboxylic acids is 3. The number of anilines is 1. The van der Waals surface area contributed by atoms with Crippen LogP contribution in [0.3, 0.4) is 0 Å². The largest absolute Gasteiger partial charge is 0.325 e. The Bertz CT molecular complexity index is 822. The zero-order valence-corrected chi connectivity index (χ0v) is 19.8. The van der Waals surface area contributed by atoms with Gasteiger partial charge in [0.2, 0.25) is 11.8 Å². The standard InChI is InChI=1S/C22H29IN2O3/c1-20(2,3)25(19(28)17-21(4,5)22(17,6)7)15-12-16(26)24(18(15)27)14-10-8-13(23)9-11-14/h8-11,15,17H,12H2,1-7H3. The maximum atomic E-state index is 13.6. The molecule has 0 radical (unpaired) electrons. The van der Waals surface area contributed by atoms with Crippen LogP contribution < -0.4 is 4.90 Å². The second kappa shape index (κ2) is 6.54. The lowest BCUT2D eigenvalue weighted by molar-refractivity contribution is -0.146. The highest BCUT2D eigenvalue weighted by molar-refractivity contribution is 14.1. The van der Waals surface area contributed by atoms with Gasteiger partial charge < -0.3 is 4.90 Å². The number of benzene rings is 1. The zero-order chi connectivity index (χ0) is 21.2. The second-order valence-corrected chi connectivity index (χ2v) is 11.3. The number of hydrogen-bond acceptors (Lipinski definition) is 3. The van der Waals surface area contributed by atoms with Gasteiger partial charge in [0.1, 0.15) is 6.04 Å². The number of halogens is 1. The molecule has 1 aliphatic carbocycles. The van der Waals surface area contributed by atoms with Crippen molar-refractivity contribution >= 4 is 46.0 Å². The van der Waals surface area contributed by atoms with E-state index in [1.54, 1.807) is 17.0 Å². The monoisotopic (exact) mass is 496 g/mol. The first-order valence-electron chi connectivity index (χ1n) is 9.67. The second-order valence-electron chi connectivity index (χ2n) is 10.0. The van der Waals surface area contributed by atoms with Gasteiger partial charge in [0.05, 0.1) is 12.1 Å². The Morgan fingerprint density at radius 1 is 1.07 bits per heavy atom. The first kappa shape index (κ1) is 21.3. The van der Waals surface area contributed by atoms with E-state index in [0.717, 1.165) is 3.57 Å². The molecule has 2 aliphatic rings. The summed E-state index contributed by atoms with van der Waals surface area (Å²) in [5, 5.41) is 0. The minimum absolute atomic E-state index is 0.0292. The number of amides is 3. The van der Waals surface area contributed by atoms with E-state index in [9.17, 15) is 14.4 Å². The van der Waals surface area contributed by atoms with Crippen LogP contribution in [0.1, 0.15) is 54.9 Å². The molecule has 1 saturated carbocycles. The van der Waals surface area contributed by atoms with Crippen molar-refractivity contribution in [3.05, 3.63) is 27.8 Å². The Kier molecular flexibility index (Phi) is 4.97. The molecule has 152 valence electrons. The third-order valence-electron chi connectivity index (χ3n) is 6.75. The Morgan fingerprint density at radius 3 is 2.00 bits per heavy atom. The van der Waals surface area contributed by atoms with Crippen molar-refractivity contribution in [2.45, 2.75) is 66.5 Å². The van der Waals surface area contributed by atoms with Crippen LogP contribution in [-0.2, 0) is 14.4 Å². The number of carbonyl (C=O) groups is 3. The van der Waals surface area contributed by atoms with E-state index in [2.05, 4.69) is 50.3 Å². The lowest BCUT2D eigenvalue weighted by Crippen LogP contribution is -2.55. The SMILES string of the molecule is CC(C)(C)N(C(=O)C1C(C)(C)C1(C)C)C1CC(=O)N(c2ccc(I)cc2)C1=O. The number of hydrogen-bond donors (Lipinski definition) is 0. The molecule has 1 aliphatic heterocycles. The fraction of sp³-hybridized carbons (Fsp3) is 0.591. The van der Waals surface area contributed by atoms with E-state index in [1.807, 2.05) is 32.9 Å². The van der Waals surface area contributed by atoms with Gasteiger partial charge in [-0.15, -0.1) is 0 Å². The highest BCUT2D eigenvalue weighted by Gasteiger charge is 2.70. The molecule has 1 aromatic carbocycles. The minimum Gasteiger partial charge on any atom is -0.325 e. The van der Waals surface area contributed by atoms with E-state index in [0.29, 0.717) is 5.69 Å². The number of rotatable bonds is 3. The van der Waals surface area contributed by atoms with Crippen molar-refractivity contribution in [2.24, 2.45) is 16.7 Å². The Morgan fingerprint density at radius 2 is 1.57 bits per heavy atom. The third kappa shape index (κ3) is 3.17. The van der Waals surface area contributed by atoms with Crippen molar-refractivity contribution in [1.29, 1.82) is 0 Å². The Hall–Kier alpha value is -1.44. The molecule has 2 fully saturated rings. The molecule has 28 heavy (non-hydrogen) atoms. The van der Waals surface area contributed by atoms with Gasteiger partial charge in [-0.1, -0.05) is 27.7 Å². The van der Waals surface area contributed by atoms with E-state index >= 15 is 0 Å². The smallest absolute Gasteiger partial charge is 0.257 e. The predicted octanol–water partition coefficient (Wildman–Crippen LogP) is 4.23. The van der Waals surface area contributed by atoms with E-state index in [-0.39, 0.29) is 40.9 Å². The molecule has 0 bridgehead atoms. The highest BCUT2D eigenvalue weighted by atomic mass is 127. The third-order valence-corrected chi connectivity index (χ3v) is 7.47. The van der Waals surface area contributed by atoms with Crippen LogP contribution in [0.4, 0.5) is 5.69 Å². The molecule has 0 spiro atoms.